The molecule has 0 radical (unpaired) electrons. The summed E-state index contributed by atoms with van der Waals surface area (Å²) in [6.45, 7) is 3.57. The summed E-state index contributed by atoms with van der Waals surface area (Å²) in [5.41, 5.74) is 1.56. The van der Waals surface area contributed by atoms with Crippen molar-refractivity contribution in [1.82, 2.24) is 0 Å². The molecule has 1 aromatic rings. The van der Waals surface area contributed by atoms with Gasteiger partial charge < -0.3 is 0 Å². The molecule has 0 amide bonds. The second-order valence-corrected chi connectivity index (χ2v) is 6.12. The van der Waals surface area contributed by atoms with Crippen LogP contribution in [0.25, 0.3) is 0 Å². The smallest absolute Gasteiger partial charge is 0.151 e. The lowest BCUT2D eigenvalue weighted by Crippen LogP contribution is -2.27. The molecule has 0 fully saturated rings. The van der Waals surface area contributed by atoms with Crippen molar-refractivity contribution in [2.24, 2.45) is 0 Å². The van der Waals surface area contributed by atoms with Crippen molar-refractivity contribution in [3.63, 3.8) is 0 Å². The average molecular weight is 243 g/mol. The first-order valence-electron chi connectivity index (χ1n) is 5.18. The van der Waals surface area contributed by atoms with Crippen LogP contribution in [0, 0.1) is 6.92 Å². The quantitative estimate of drug-likeness (QED) is 0.798. The minimum Gasteiger partial charge on any atom is -0.288 e. The summed E-state index contributed by atoms with van der Waals surface area (Å²) in [6.07, 6.45) is 0. The maximum atomic E-state index is 11.3. The Hall–Kier alpha value is -1.07. The second-order valence-electron chi connectivity index (χ2n) is 3.65. The number of nitrogens with zero attached hydrogens (tertiary/aromatic N) is 1. The normalized spacial score (nSPS) is 11.4. The van der Waals surface area contributed by atoms with E-state index in [2.05, 4.69) is 0 Å². The zero-order valence-electron chi connectivity index (χ0n) is 9.55. The molecule has 1 aromatic carbocycles. The Morgan fingerprint density at radius 3 is 2.50 bits per heavy atom. The number of benzene rings is 1. The van der Waals surface area contributed by atoms with Gasteiger partial charge in [0.05, 0.1) is 18.0 Å². The van der Waals surface area contributed by atoms with Gasteiger partial charge in [0.15, 0.2) is 9.84 Å². The number of anilines is 1. The molecule has 0 aliphatic carbocycles. The van der Waals surface area contributed by atoms with Crippen molar-refractivity contribution >= 4 is 15.5 Å². The lowest BCUT2D eigenvalue weighted by Gasteiger charge is -2.18. The molecule has 90 valence electrons. The Morgan fingerprint density at radius 1 is 1.31 bits per heavy atom. The summed E-state index contributed by atoms with van der Waals surface area (Å²) in [7, 11) is -3.04. The molecule has 0 bridgehead atoms. The van der Waals surface area contributed by atoms with E-state index in [1.807, 2.05) is 19.1 Å². The Morgan fingerprint density at radius 2 is 1.94 bits per heavy atom. The summed E-state index contributed by atoms with van der Waals surface area (Å²) in [4.78, 5) is 0. The molecule has 4 nitrogen and oxygen atoms in total. The van der Waals surface area contributed by atoms with Crippen LogP contribution in [-0.4, -0.2) is 31.7 Å². The van der Waals surface area contributed by atoms with Crippen LogP contribution in [0.15, 0.2) is 24.3 Å². The Bertz CT molecular complexity index is 442. The summed E-state index contributed by atoms with van der Waals surface area (Å²) in [6, 6.07) is 7.30. The topological polar surface area (TPSA) is 57.6 Å². The maximum absolute atomic E-state index is 11.3. The molecule has 0 spiro atoms. The zero-order valence-corrected chi connectivity index (χ0v) is 10.4. The van der Waals surface area contributed by atoms with Gasteiger partial charge in [0.1, 0.15) is 0 Å². The number of rotatable bonds is 5. The van der Waals surface area contributed by atoms with Crippen molar-refractivity contribution in [2.75, 3.05) is 23.1 Å². The monoisotopic (exact) mass is 243 g/mol. The fourth-order valence-electron chi connectivity index (χ4n) is 1.34. The highest BCUT2D eigenvalue weighted by Crippen LogP contribution is 2.17. The van der Waals surface area contributed by atoms with Crippen LogP contribution in [0.2, 0.25) is 0 Å². The van der Waals surface area contributed by atoms with Gasteiger partial charge in [0, 0.05) is 5.75 Å². The van der Waals surface area contributed by atoms with Crippen molar-refractivity contribution < 1.29 is 13.6 Å². The van der Waals surface area contributed by atoms with Crippen LogP contribution in [0.1, 0.15) is 12.5 Å². The van der Waals surface area contributed by atoms with Gasteiger partial charge in [0.2, 0.25) is 0 Å². The Balaban J connectivity index is 2.67. The molecular weight excluding hydrogens is 226 g/mol. The van der Waals surface area contributed by atoms with E-state index >= 15 is 0 Å². The fourth-order valence-corrected chi connectivity index (χ4v) is 2.08. The minimum absolute atomic E-state index is 0.0334. The molecule has 0 aliphatic rings. The number of hydrogen-bond donors (Lipinski definition) is 1. The van der Waals surface area contributed by atoms with Gasteiger partial charge in [-0.05, 0) is 18.6 Å². The van der Waals surface area contributed by atoms with Crippen LogP contribution >= 0.6 is 0 Å². The van der Waals surface area contributed by atoms with Gasteiger partial charge in [-0.2, -0.15) is 0 Å². The van der Waals surface area contributed by atoms with E-state index in [0.29, 0.717) is 5.69 Å². The van der Waals surface area contributed by atoms with Gasteiger partial charge in [0.25, 0.3) is 0 Å². The molecule has 0 heterocycles. The van der Waals surface area contributed by atoms with E-state index in [-0.39, 0.29) is 18.1 Å². The van der Waals surface area contributed by atoms with E-state index < -0.39 is 9.84 Å². The molecule has 16 heavy (non-hydrogen) atoms. The van der Waals surface area contributed by atoms with E-state index in [1.165, 1.54) is 0 Å². The third-order valence-corrected chi connectivity index (χ3v) is 4.13. The highest BCUT2D eigenvalue weighted by atomic mass is 32.2. The van der Waals surface area contributed by atoms with Gasteiger partial charge in [-0.15, -0.1) is 0 Å². The number of aryl methyl sites for hydroxylation is 1. The summed E-state index contributed by atoms with van der Waals surface area (Å²) in [5, 5.41) is 10.7. The van der Waals surface area contributed by atoms with Crippen LogP contribution < -0.4 is 5.06 Å². The molecule has 1 rings (SSSR count). The van der Waals surface area contributed by atoms with Gasteiger partial charge in [-0.1, -0.05) is 25.1 Å². The first kappa shape index (κ1) is 13.0. The van der Waals surface area contributed by atoms with Gasteiger partial charge in [-0.25, -0.2) is 8.42 Å². The number of hydrogen-bond acceptors (Lipinski definition) is 4. The van der Waals surface area contributed by atoms with E-state index in [1.54, 1.807) is 19.1 Å². The van der Waals surface area contributed by atoms with Crippen LogP contribution in [0.5, 0.6) is 0 Å². The molecule has 0 atom stereocenters. The predicted molar refractivity (Wildman–Crippen MR) is 64.6 cm³/mol. The fraction of sp³-hybridized carbons (Fsp3) is 0.455. The molecule has 0 aromatic heterocycles. The van der Waals surface area contributed by atoms with Crippen LogP contribution in [-0.2, 0) is 9.84 Å². The summed E-state index contributed by atoms with van der Waals surface area (Å²) >= 11 is 0. The van der Waals surface area contributed by atoms with E-state index in [4.69, 9.17) is 0 Å². The van der Waals surface area contributed by atoms with Crippen LogP contribution in [0.3, 0.4) is 0 Å². The van der Waals surface area contributed by atoms with Crippen LogP contribution in [0.4, 0.5) is 5.69 Å². The highest BCUT2D eigenvalue weighted by molar-refractivity contribution is 7.91. The third-order valence-electron chi connectivity index (χ3n) is 2.45. The van der Waals surface area contributed by atoms with Gasteiger partial charge in [-0.3, -0.25) is 10.3 Å². The molecule has 0 saturated carbocycles. The van der Waals surface area contributed by atoms with Crippen molar-refractivity contribution in [2.45, 2.75) is 13.8 Å². The summed E-state index contributed by atoms with van der Waals surface area (Å²) < 4.78 is 22.6. The first-order valence-corrected chi connectivity index (χ1v) is 7.01. The zero-order chi connectivity index (χ0) is 12.2. The largest absolute Gasteiger partial charge is 0.288 e. The molecule has 0 aliphatic heterocycles. The predicted octanol–water partition coefficient (Wildman–Crippen LogP) is 1.63. The molecule has 1 N–H and O–H groups in total. The minimum atomic E-state index is -3.04. The molecule has 5 heteroatoms. The van der Waals surface area contributed by atoms with Crippen molar-refractivity contribution in [1.29, 1.82) is 0 Å². The lowest BCUT2D eigenvalue weighted by molar-refractivity contribution is 0.260. The molecular formula is C11H17NO3S. The summed E-state index contributed by atoms with van der Waals surface area (Å²) in [5.74, 6) is 0.0724. The maximum Gasteiger partial charge on any atom is 0.151 e. The van der Waals surface area contributed by atoms with Crippen molar-refractivity contribution in [3.8, 4) is 0 Å². The van der Waals surface area contributed by atoms with Crippen molar-refractivity contribution in [3.05, 3.63) is 29.8 Å². The Labute approximate surface area is 96.4 Å². The first-order chi connectivity index (χ1) is 7.46. The number of hydroxylamine groups is 1. The SMILES string of the molecule is CCS(=O)(=O)CCN(O)c1ccccc1C. The van der Waals surface area contributed by atoms with E-state index in [0.717, 1.165) is 10.6 Å². The number of para-hydroxylation sites is 1. The average Bonchev–Trinajstić information content (AvgIpc) is 2.27. The second kappa shape index (κ2) is 5.32. The number of sulfone groups is 1. The van der Waals surface area contributed by atoms with E-state index in [9.17, 15) is 13.6 Å². The standard InChI is InChI=1S/C11H17NO3S/c1-3-16(14,15)9-8-12(13)11-7-5-4-6-10(11)2/h4-7,13H,3,8-9H2,1-2H3. The van der Waals surface area contributed by atoms with Gasteiger partial charge >= 0.3 is 0 Å². The highest BCUT2D eigenvalue weighted by Gasteiger charge is 2.11. The third kappa shape index (κ3) is 3.50. The lowest BCUT2D eigenvalue weighted by atomic mass is 10.2. The molecule has 0 unspecified atom stereocenters. The molecule has 0 saturated heterocycles. The Kier molecular flexibility index (Phi) is 4.32.